The first kappa shape index (κ1) is 9.88. The first-order valence-corrected chi connectivity index (χ1v) is 5.50. The summed E-state index contributed by atoms with van der Waals surface area (Å²) < 4.78 is 0. The van der Waals surface area contributed by atoms with Crippen LogP contribution < -0.4 is 4.90 Å². The average Bonchev–Trinajstić information content (AvgIpc) is 2.40. The van der Waals surface area contributed by atoms with Crippen molar-refractivity contribution in [1.29, 1.82) is 0 Å². The van der Waals surface area contributed by atoms with Crippen molar-refractivity contribution in [2.45, 2.75) is 0 Å². The van der Waals surface area contributed by atoms with Crippen molar-refractivity contribution in [2.24, 2.45) is 0 Å². The van der Waals surface area contributed by atoms with Gasteiger partial charge in [0.15, 0.2) is 0 Å². The zero-order valence-corrected chi connectivity index (χ0v) is 9.47. The minimum atomic E-state index is 0.648. The second-order valence-corrected chi connectivity index (χ2v) is 4.07. The van der Waals surface area contributed by atoms with Crippen molar-refractivity contribution in [3.63, 3.8) is 0 Å². The van der Waals surface area contributed by atoms with Gasteiger partial charge >= 0.3 is 0 Å². The number of benzene rings is 2. The Balaban J connectivity index is 2.37. The Labute approximate surface area is 99.8 Å². The number of para-hydroxylation sites is 2. The molecule has 0 aliphatic carbocycles. The van der Waals surface area contributed by atoms with E-state index in [2.05, 4.69) is 10.8 Å². The first-order valence-electron chi connectivity index (χ1n) is 5.50. The van der Waals surface area contributed by atoms with Gasteiger partial charge in [0.1, 0.15) is 5.94 Å². The van der Waals surface area contributed by atoms with Gasteiger partial charge in [-0.1, -0.05) is 36.4 Å². The van der Waals surface area contributed by atoms with Crippen molar-refractivity contribution < 1.29 is 4.79 Å². The molecular formula is C15H11NO. The minimum Gasteiger partial charge on any atom is -0.344 e. The van der Waals surface area contributed by atoms with E-state index in [-0.39, 0.29) is 0 Å². The minimum absolute atomic E-state index is 0.648. The van der Waals surface area contributed by atoms with Crippen LogP contribution in [0.2, 0.25) is 0 Å². The lowest BCUT2D eigenvalue weighted by Crippen LogP contribution is -2.17. The molecule has 1 aliphatic heterocycles. The van der Waals surface area contributed by atoms with E-state index in [4.69, 9.17) is 0 Å². The third-order valence-electron chi connectivity index (χ3n) is 3.17. The number of rotatable bonds is 0. The van der Waals surface area contributed by atoms with Crippen LogP contribution in [0, 0.1) is 0 Å². The Hall–Kier alpha value is -2.31. The Kier molecular flexibility index (Phi) is 2.10. The molecule has 2 aromatic rings. The number of anilines is 2. The molecule has 0 bridgehead atoms. The Morgan fingerprint density at radius 1 is 0.882 bits per heavy atom. The van der Waals surface area contributed by atoms with Crippen LogP contribution in [0.1, 0.15) is 11.1 Å². The molecule has 0 fully saturated rings. The summed E-state index contributed by atoms with van der Waals surface area (Å²) in [6.07, 6.45) is 0. The highest BCUT2D eigenvalue weighted by Gasteiger charge is 2.23. The van der Waals surface area contributed by atoms with Crippen LogP contribution in [0.5, 0.6) is 0 Å². The van der Waals surface area contributed by atoms with Crippen molar-refractivity contribution in [1.82, 2.24) is 0 Å². The summed E-state index contributed by atoms with van der Waals surface area (Å²) in [5.41, 5.74) is 4.64. The van der Waals surface area contributed by atoms with Crippen LogP contribution in [-0.2, 0) is 4.79 Å². The van der Waals surface area contributed by atoms with Gasteiger partial charge < -0.3 is 4.90 Å². The molecule has 17 heavy (non-hydrogen) atoms. The van der Waals surface area contributed by atoms with Crippen molar-refractivity contribution >= 4 is 22.9 Å². The highest BCUT2D eigenvalue weighted by Crippen LogP contribution is 2.42. The van der Waals surface area contributed by atoms with E-state index in [9.17, 15) is 4.79 Å². The Bertz CT molecular complexity index is 589. The smallest absolute Gasteiger partial charge is 0.133 e. The summed E-state index contributed by atoms with van der Waals surface area (Å²) in [5.74, 6) is 2.08. The van der Waals surface area contributed by atoms with Gasteiger partial charge in [-0.15, -0.1) is 0 Å². The van der Waals surface area contributed by atoms with Crippen LogP contribution in [0.3, 0.4) is 0 Å². The van der Waals surface area contributed by atoms with Gasteiger partial charge in [-0.3, -0.25) is 0 Å². The van der Waals surface area contributed by atoms with Crippen LogP contribution >= 0.6 is 0 Å². The van der Waals surface area contributed by atoms with Gasteiger partial charge in [-0.05, 0) is 12.1 Å². The van der Waals surface area contributed by atoms with E-state index in [1.807, 2.05) is 55.6 Å². The predicted molar refractivity (Wildman–Crippen MR) is 69.1 cm³/mol. The van der Waals surface area contributed by atoms with Gasteiger partial charge in [0.05, 0.1) is 5.57 Å². The van der Waals surface area contributed by atoms with Gasteiger partial charge in [0.25, 0.3) is 0 Å². The molecule has 0 N–H and O–H groups in total. The molecule has 2 aromatic carbocycles. The van der Waals surface area contributed by atoms with E-state index in [1.165, 1.54) is 0 Å². The van der Waals surface area contributed by atoms with Gasteiger partial charge in [-0.2, -0.15) is 0 Å². The Morgan fingerprint density at radius 2 is 1.35 bits per heavy atom. The molecule has 3 rings (SSSR count). The van der Waals surface area contributed by atoms with Crippen molar-refractivity contribution in [3.05, 3.63) is 59.7 Å². The highest BCUT2D eigenvalue weighted by atomic mass is 16.1. The van der Waals surface area contributed by atoms with Crippen LogP contribution in [-0.4, -0.2) is 13.0 Å². The fourth-order valence-corrected chi connectivity index (χ4v) is 2.34. The maximum atomic E-state index is 11.2. The highest BCUT2D eigenvalue weighted by molar-refractivity contribution is 6.07. The van der Waals surface area contributed by atoms with E-state index >= 15 is 0 Å². The molecule has 2 heteroatoms. The maximum absolute atomic E-state index is 11.2. The zero-order chi connectivity index (χ0) is 11.8. The van der Waals surface area contributed by atoms with Crippen molar-refractivity contribution in [2.75, 3.05) is 11.9 Å². The lowest BCUT2D eigenvalue weighted by atomic mass is 9.92. The quantitative estimate of drug-likeness (QED) is 0.637. The topological polar surface area (TPSA) is 20.3 Å². The second kappa shape index (κ2) is 3.62. The third-order valence-corrected chi connectivity index (χ3v) is 3.17. The number of fused-ring (bicyclic) bond motifs is 2. The number of hydrogen-bond donors (Lipinski definition) is 0. The molecule has 82 valence electrons. The van der Waals surface area contributed by atoms with Crippen LogP contribution in [0.25, 0.3) is 5.57 Å². The lowest BCUT2D eigenvalue weighted by Gasteiger charge is -2.30. The number of nitrogens with zero attached hydrogens (tertiary/aromatic N) is 1. The van der Waals surface area contributed by atoms with E-state index < -0.39 is 0 Å². The van der Waals surface area contributed by atoms with Crippen molar-refractivity contribution in [3.8, 4) is 0 Å². The molecular weight excluding hydrogens is 210 g/mol. The molecule has 2 nitrogen and oxygen atoms in total. The lowest BCUT2D eigenvalue weighted by molar-refractivity contribution is 0.569. The Morgan fingerprint density at radius 3 is 1.82 bits per heavy atom. The summed E-state index contributed by atoms with van der Waals surface area (Å²) in [6.45, 7) is 0. The molecule has 0 aromatic heterocycles. The number of carbonyl (C=O) groups excluding carboxylic acids is 1. The molecule has 1 aliphatic rings. The molecule has 0 amide bonds. The molecule has 0 saturated carbocycles. The molecule has 1 heterocycles. The normalized spacial score (nSPS) is 12.8. The SMILES string of the molecule is CN1c2ccccc2C(=C=O)c2ccccc21. The third kappa shape index (κ3) is 1.32. The fraction of sp³-hybridized carbons (Fsp3) is 0.0667. The standard InChI is InChI=1S/C15H11NO/c1-16-14-8-4-2-6-11(14)13(10-17)12-7-3-5-9-15(12)16/h2-9H,1H3. The summed E-state index contributed by atoms with van der Waals surface area (Å²) in [7, 11) is 2.01. The molecule has 0 spiro atoms. The van der Waals surface area contributed by atoms with E-state index in [1.54, 1.807) is 0 Å². The summed E-state index contributed by atoms with van der Waals surface area (Å²) in [5, 5.41) is 0. The predicted octanol–water partition coefficient (Wildman–Crippen LogP) is 3.03. The van der Waals surface area contributed by atoms with Crippen LogP contribution in [0.4, 0.5) is 11.4 Å². The number of hydrogen-bond acceptors (Lipinski definition) is 2. The summed E-state index contributed by atoms with van der Waals surface area (Å²) in [4.78, 5) is 13.3. The first-order chi connectivity index (χ1) is 8.33. The zero-order valence-electron chi connectivity index (χ0n) is 9.47. The van der Waals surface area contributed by atoms with E-state index in [0.29, 0.717) is 5.57 Å². The fourth-order valence-electron chi connectivity index (χ4n) is 2.34. The summed E-state index contributed by atoms with van der Waals surface area (Å²) >= 11 is 0. The monoisotopic (exact) mass is 221 g/mol. The maximum Gasteiger partial charge on any atom is 0.133 e. The molecule has 0 saturated heterocycles. The van der Waals surface area contributed by atoms with Gasteiger partial charge in [0, 0.05) is 29.5 Å². The summed E-state index contributed by atoms with van der Waals surface area (Å²) in [6, 6.07) is 15.8. The van der Waals surface area contributed by atoms with Gasteiger partial charge in [0.2, 0.25) is 0 Å². The largest absolute Gasteiger partial charge is 0.344 e. The average molecular weight is 221 g/mol. The van der Waals surface area contributed by atoms with E-state index in [0.717, 1.165) is 22.5 Å². The molecule has 0 radical (unpaired) electrons. The van der Waals surface area contributed by atoms with Crippen LogP contribution in [0.15, 0.2) is 48.5 Å². The second-order valence-electron chi connectivity index (χ2n) is 4.07. The molecule has 0 atom stereocenters. The van der Waals surface area contributed by atoms with Gasteiger partial charge in [-0.25, -0.2) is 4.79 Å². The molecule has 0 unspecified atom stereocenters.